The summed E-state index contributed by atoms with van der Waals surface area (Å²) in [5.74, 6) is -0.747. The zero-order chi connectivity index (χ0) is 16.2. The van der Waals surface area contributed by atoms with E-state index in [2.05, 4.69) is 6.92 Å². The van der Waals surface area contributed by atoms with Gasteiger partial charge in [0.2, 0.25) is 10.0 Å². The van der Waals surface area contributed by atoms with Crippen molar-refractivity contribution in [2.45, 2.75) is 57.9 Å². The van der Waals surface area contributed by atoms with Crippen LogP contribution >= 0.6 is 0 Å². The summed E-state index contributed by atoms with van der Waals surface area (Å²) in [5, 5.41) is 0. The second kappa shape index (κ2) is 7.22. The fraction of sp³-hybridized carbons (Fsp3) is 0.600. The number of rotatable bonds is 7. The van der Waals surface area contributed by atoms with E-state index in [0.29, 0.717) is 12.1 Å². The zero-order valence-corrected chi connectivity index (χ0v) is 14.0. The maximum Gasteiger partial charge on any atom is 0.246 e. The van der Waals surface area contributed by atoms with Gasteiger partial charge in [0.25, 0.3) is 0 Å². The monoisotopic (exact) mass is 316 g/mol. The average Bonchev–Trinajstić information content (AvgIpc) is 2.38. The molecule has 0 radical (unpaired) electrons. The first kappa shape index (κ1) is 17.9. The minimum absolute atomic E-state index is 0.228. The third-order valence-electron chi connectivity index (χ3n) is 3.47. The Labute approximate surface area is 127 Å². The van der Waals surface area contributed by atoms with Gasteiger partial charge in [-0.2, -0.15) is 4.31 Å². The minimum Gasteiger partial charge on any atom is -0.398 e. The van der Waals surface area contributed by atoms with Gasteiger partial charge in [0, 0.05) is 18.3 Å². The van der Waals surface area contributed by atoms with Crippen molar-refractivity contribution < 1.29 is 12.8 Å². The van der Waals surface area contributed by atoms with Gasteiger partial charge < -0.3 is 5.73 Å². The summed E-state index contributed by atoms with van der Waals surface area (Å²) >= 11 is 0. The van der Waals surface area contributed by atoms with Crippen LogP contribution in [0.2, 0.25) is 0 Å². The van der Waals surface area contributed by atoms with E-state index in [9.17, 15) is 12.8 Å². The van der Waals surface area contributed by atoms with Crippen LogP contribution < -0.4 is 5.73 Å². The van der Waals surface area contributed by atoms with Gasteiger partial charge >= 0.3 is 0 Å². The molecular weight excluding hydrogens is 291 g/mol. The van der Waals surface area contributed by atoms with Crippen LogP contribution in [0.3, 0.4) is 0 Å². The molecule has 0 saturated heterocycles. The first-order valence-corrected chi connectivity index (χ1v) is 8.73. The van der Waals surface area contributed by atoms with Gasteiger partial charge in [0.15, 0.2) is 0 Å². The number of unbranched alkanes of at least 4 members (excludes halogenated alkanes) is 2. The van der Waals surface area contributed by atoms with Crippen molar-refractivity contribution in [1.82, 2.24) is 4.31 Å². The summed E-state index contributed by atoms with van der Waals surface area (Å²) in [5.41, 5.74) is 6.55. The topological polar surface area (TPSA) is 63.4 Å². The fourth-order valence-electron chi connectivity index (χ4n) is 2.17. The predicted octanol–water partition coefficient (Wildman–Crippen LogP) is 3.31. The number of hydrogen-bond donors (Lipinski definition) is 1. The van der Waals surface area contributed by atoms with E-state index in [-0.39, 0.29) is 16.6 Å². The largest absolute Gasteiger partial charge is 0.398 e. The molecule has 0 aromatic heterocycles. The first-order chi connectivity index (χ1) is 9.71. The van der Waals surface area contributed by atoms with Crippen molar-refractivity contribution in [3.8, 4) is 0 Å². The second-order valence-corrected chi connectivity index (χ2v) is 7.41. The van der Waals surface area contributed by atoms with Gasteiger partial charge in [-0.25, -0.2) is 12.8 Å². The first-order valence-electron chi connectivity index (χ1n) is 7.29. The molecule has 0 amide bonds. The van der Waals surface area contributed by atoms with Gasteiger partial charge in [-0.05, 0) is 44.9 Å². The number of nitrogens with zero attached hydrogens (tertiary/aromatic N) is 1. The van der Waals surface area contributed by atoms with Gasteiger partial charge in [0.05, 0.1) is 0 Å². The number of nitrogens with two attached hydrogens (primary N) is 1. The summed E-state index contributed by atoms with van der Waals surface area (Å²) in [6, 6.07) is 2.16. The highest BCUT2D eigenvalue weighted by atomic mass is 32.2. The number of aryl methyl sites for hydroxylation is 1. The third-order valence-corrected chi connectivity index (χ3v) is 5.56. The van der Waals surface area contributed by atoms with E-state index in [4.69, 9.17) is 5.73 Å². The predicted molar refractivity (Wildman–Crippen MR) is 84.1 cm³/mol. The Morgan fingerprint density at radius 2 is 1.90 bits per heavy atom. The van der Waals surface area contributed by atoms with Crippen LogP contribution in [0.25, 0.3) is 0 Å². The normalized spacial score (nSPS) is 12.3. The van der Waals surface area contributed by atoms with E-state index >= 15 is 0 Å². The Bertz CT molecular complexity index is 586. The van der Waals surface area contributed by atoms with Crippen molar-refractivity contribution in [3.05, 3.63) is 23.5 Å². The smallest absolute Gasteiger partial charge is 0.246 e. The third kappa shape index (κ3) is 4.17. The highest BCUT2D eigenvalue weighted by Crippen LogP contribution is 2.26. The fourth-order valence-corrected chi connectivity index (χ4v) is 3.92. The molecule has 0 spiro atoms. The van der Waals surface area contributed by atoms with Crippen LogP contribution in [0.1, 0.15) is 45.6 Å². The Morgan fingerprint density at radius 3 is 2.43 bits per heavy atom. The molecule has 1 aromatic carbocycles. The Balaban J connectivity index is 3.20. The minimum atomic E-state index is -3.87. The van der Waals surface area contributed by atoms with Crippen LogP contribution in [0, 0.1) is 12.7 Å². The van der Waals surface area contributed by atoms with Crippen LogP contribution in [0.4, 0.5) is 10.1 Å². The molecule has 0 bridgehead atoms. The number of anilines is 1. The van der Waals surface area contributed by atoms with Crippen molar-refractivity contribution in [2.24, 2.45) is 0 Å². The Kier molecular flexibility index (Phi) is 6.16. The molecule has 6 heteroatoms. The molecule has 21 heavy (non-hydrogen) atoms. The second-order valence-electron chi connectivity index (χ2n) is 5.56. The van der Waals surface area contributed by atoms with Crippen LogP contribution in [0.15, 0.2) is 17.0 Å². The number of sulfonamides is 1. The summed E-state index contributed by atoms with van der Waals surface area (Å²) in [7, 11) is -3.87. The molecule has 0 aliphatic rings. The highest BCUT2D eigenvalue weighted by molar-refractivity contribution is 7.89. The van der Waals surface area contributed by atoms with E-state index in [1.54, 1.807) is 20.8 Å². The molecule has 1 rings (SSSR count). The van der Waals surface area contributed by atoms with Crippen molar-refractivity contribution >= 4 is 15.7 Å². The van der Waals surface area contributed by atoms with E-state index in [0.717, 1.165) is 19.3 Å². The maximum atomic E-state index is 14.1. The summed E-state index contributed by atoms with van der Waals surface area (Å²) in [6.07, 6.45) is 2.70. The lowest BCUT2D eigenvalue weighted by atomic mass is 10.2. The highest BCUT2D eigenvalue weighted by Gasteiger charge is 2.29. The summed E-state index contributed by atoms with van der Waals surface area (Å²) < 4.78 is 40.8. The molecular formula is C15H25FN2O2S. The molecule has 0 heterocycles. The molecule has 0 saturated carbocycles. The van der Waals surface area contributed by atoms with Gasteiger partial charge in [-0.1, -0.05) is 19.8 Å². The number of halogens is 1. The van der Waals surface area contributed by atoms with E-state index < -0.39 is 15.8 Å². The average molecular weight is 316 g/mol. The van der Waals surface area contributed by atoms with Crippen molar-refractivity contribution in [2.75, 3.05) is 12.3 Å². The van der Waals surface area contributed by atoms with Crippen molar-refractivity contribution in [1.29, 1.82) is 0 Å². The molecule has 0 atom stereocenters. The Morgan fingerprint density at radius 1 is 1.29 bits per heavy atom. The SMILES string of the molecule is CCCCCN(C(C)C)S(=O)(=O)c1cc(N)c(C)cc1F. The molecule has 0 aliphatic carbocycles. The molecule has 0 unspecified atom stereocenters. The van der Waals surface area contributed by atoms with Crippen LogP contribution in [-0.2, 0) is 10.0 Å². The number of hydrogen-bond acceptors (Lipinski definition) is 3. The molecule has 120 valence electrons. The van der Waals surface area contributed by atoms with Crippen molar-refractivity contribution in [3.63, 3.8) is 0 Å². The van der Waals surface area contributed by atoms with Gasteiger partial charge in [-0.15, -0.1) is 0 Å². The maximum absolute atomic E-state index is 14.1. The van der Waals surface area contributed by atoms with E-state index in [1.807, 2.05) is 0 Å². The lowest BCUT2D eigenvalue weighted by molar-refractivity contribution is 0.344. The molecule has 4 nitrogen and oxygen atoms in total. The number of benzene rings is 1. The van der Waals surface area contributed by atoms with Crippen LogP contribution in [-0.4, -0.2) is 25.3 Å². The number of nitrogen functional groups attached to an aromatic ring is 1. The Hall–Kier alpha value is -1.14. The lowest BCUT2D eigenvalue weighted by Crippen LogP contribution is -2.38. The molecule has 2 N–H and O–H groups in total. The summed E-state index contributed by atoms with van der Waals surface area (Å²) in [6.45, 7) is 7.67. The van der Waals surface area contributed by atoms with E-state index in [1.165, 1.54) is 16.4 Å². The quantitative estimate of drug-likeness (QED) is 0.620. The standard InChI is InChI=1S/C15H25FN2O2S/c1-5-6-7-8-18(11(2)3)21(19,20)15-10-14(17)12(4)9-13(15)16/h9-11H,5-8,17H2,1-4H3. The lowest BCUT2D eigenvalue weighted by Gasteiger charge is -2.26. The molecule has 0 fully saturated rings. The zero-order valence-electron chi connectivity index (χ0n) is 13.2. The molecule has 0 aliphatic heterocycles. The van der Waals surface area contributed by atoms with Gasteiger partial charge in [0.1, 0.15) is 10.7 Å². The van der Waals surface area contributed by atoms with Crippen LogP contribution in [0.5, 0.6) is 0 Å². The van der Waals surface area contributed by atoms with Gasteiger partial charge in [-0.3, -0.25) is 0 Å². The summed E-state index contributed by atoms with van der Waals surface area (Å²) in [4.78, 5) is -0.337. The molecule has 1 aromatic rings.